The molecule has 4 N–H and O–H groups in total. The monoisotopic (exact) mass is 521 g/mol. The molecule has 1 amide bonds. The van der Waals surface area contributed by atoms with E-state index in [1.165, 1.54) is 0 Å². The van der Waals surface area contributed by atoms with Crippen LogP contribution in [-0.4, -0.2) is 37.6 Å². The number of amides is 1. The zero-order valence-corrected chi connectivity index (χ0v) is 22.2. The highest BCUT2D eigenvalue weighted by Crippen LogP contribution is 2.19. The summed E-state index contributed by atoms with van der Waals surface area (Å²) in [6.45, 7) is 6.32. The lowest BCUT2D eigenvalue weighted by Gasteiger charge is -2.17. The maximum atomic E-state index is 12.9. The number of aromatic amines is 1. The van der Waals surface area contributed by atoms with Crippen molar-refractivity contribution in [1.29, 1.82) is 0 Å². The third-order valence-electron chi connectivity index (χ3n) is 6.79. The summed E-state index contributed by atoms with van der Waals surface area (Å²) in [5.74, 6) is -0.715. The molecule has 5 aromatic rings. The molecule has 39 heavy (non-hydrogen) atoms. The van der Waals surface area contributed by atoms with Crippen LogP contribution in [0.1, 0.15) is 38.2 Å². The number of benzene rings is 3. The number of carbonyl (C=O) groups is 2. The Bertz CT molecular complexity index is 1590. The van der Waals surface area contributed by atoms with Crippen LogP contribution in [0.3, 0.4) is 0 Å². The summed E-state index contributed by atoms with van der Waals surface area (Å²) < 4.78 is 2.01. The Morgan fingerprint density at radius 2 is 1.69 bits per heavy atom. The highest BCUT2D eigenvalue weighted by atomic mass is 16.4. The number of rotatable bonds is 9. The molecule has 0 aliphatic rings. The van der Waals surface area contributed by atoms with Gasteiger partial charge in [0.15, 0.2) is 0 Å². The molecule has 3 aromatic carbocycles. The number of carbonyl (C=O) groups excluding carboxylic acids is 1. The summed E-state index contributed by atoms with van der Waals surface area (Å²) in [5.41, 5.74) is 8.03. The summed E-state index contributed by atoms with van der Waals surface area (Å²) in [6, 6.07) is 20.4. The Labute approximate surface area is 226 Å². The summed E-state index contributed by atoms with van der Waals surface area (Å²) >= 11 is 0. The Hall–Kier alpha value is -4.85. The minimum Gasteiger partial charge on any atom is -0.480 e. The molecule has 8 nitrogen and oxygen atoms in total. The second-order valence-electron chi connectivity index (χ2n) is 9.89. The Balaban J connectivity index is 1.22. The van der Waals surface area contributed by atoms with E-state index < -0.39 is 12.0 Å². The molecule has 1 unspecified atom stereocenters. The van der Waals surface area contributed by atoms with E-state index in [4.69, 9.17) is 0 Å². The molecule has 0 spiro atoms. The molecule has 0 aliphatic carbocycles. The minimum atomic E-state index is -1.07. The third-order valence-corrected chi connectivity index (χ3v) is 6.79. The summed E-state index contributed by atoms with van der Waals surface area (Å²) in [6.07, 6.45) is 4.21. The molecular weight excluding hydrogens is 490 g/mol. The number of aryl methyl sites for hydroxylation is 3. The summed E-state index contributed by atoms with van der Waals surface area (Å²) in [4.78, 5) is 32.7. The fourth-order valence-corrected chi connectivity index (χ4v) is 4.94. The van der Waals surface area contributed by atoms with E-state index in [1.807, 2.05) is 104 Å². The van der Waals surface area contributed by atoms with Gasteiger partial charge in [0.2, 0.25) is 5.95 Å². The number of carboxylic acids is 1. The molecule has 1 atom stereocenters. The summed E-state index contributed by atoms with van der Waals surface area (Å²) in [7, 11) is 0. The Kier molecular flexibility index (Phi) is 7.19. The number of H-pyrrole nitrogens is 1. The zero-order chi connectivity index (χ0) is 27.5. The van der Waals surface area contributed by atoms with Crippen LogP contribution in [0.4, 0.5) is 5.95 Å². The van der Waals surface area contributed by atoms with Crippen LogP contribution in [0, 0.1) is 20.8 Å². The topological polar surface area (TPSA) is 112 Å². The lowest BCUT2D eigenvalue weighted by molar-refractivity contribution is -0.139. The van der Waals surface area contributed by atoms with Crippen molar-refractivity contribution in [1.82, 2.24) is 19.9 Å². The van der Waals surface area contributed by atoms with Gasteiger partial charge in [-0.15, -0.1) is 0 Å². The van der Waals surface area contributed by atoms with E-state index in [1.54, 1.807) is 0 Å². The molecule has 0 saturated carbocycles. The minimum absolute atomic E-state index is 0.184. The molecule has 198 valence electrons. The van der Waals surface area contributed by atoms with Crippen molar-refractivity contribution >= 4 is 28.9 Å². The van der Waals surface area contributed by atoms with Crippen LogP contribution < -0.4 is 10.6 Å². The molecule has 0 bridgehead atoms. The van der Waals surface area contributed by atoms with Crippen LogP contribution in [0.2, 0.25) is 0 Å². The van der Waals surface area contributed by atoms with Crippen molar-refractivity contribution in [2.24, 2.45) is 0 Å². The first-order valence-corrected chi connectivity index (χ1v) is 12.8. The molecular formula is C31H31N5O3. The van der Waals surface area contributed by atoms with Gasteiger partial charge in [-0.2, -0.15) is 0 Å². The maximum absolute atomic E-state index is 12.9. The predicted octanol–water partition coefficient (Wildman–Crippen LogP) is 5.32. The second kappa shape index (κ2) is 10.9. The number of nitrogens with zero attached hydrogens (tertiary/aromatic N) is 2. The predicted molar refractivity (Wildman–Crippen MR) is 152 cm³/mol. The van der Waals surface area contributed by atoms with Crippen LogP contribution in [0.25, 0.3) is 16.7 Å². The van der Waals surface area contributed by atoms with Gasteiger partial charge in [-0.25, -0.2) is 9.78 Å². The first-order chi connectivity index (χ1) is 18.8. The average Bonchev–Trinajstić information content (AvgIpc) is 3.54. The number of aliphatic carboxylic acids is 1. The Morgan fingerprint density at radius 3 is 2.38 bits per heavy atom. The van der Waals surface area contributed by atoms with E-state index in [-0.39, 0.29) is 12.3 Å². The molecule has 8 heteroatoms. The molecule has 0 radical (unpaired) electrons. The third kappa shape index (κ3) is 5.85. The van der Waals surface area contributed by atoms with Crippen LogP contribution in [0.5, 0.6) is 0 Å². The normalized spacial score (nSPS) is 11.9. The van der Waals surface area contributed by atoms with Gasteiger partial charge in [-0.05, 0) is 73.4 Å². The molecule has 2 aromatic heterocycles. The lowest BCUT2D eigenvalue weighted by atomic mass is 9.98. The van der Waals surface area contributed by atoms with Crippen molar-refractivity contribution in [3.05, 3.63) is 113 Å². The zero-order valence-electron chi connectivity index (χ0n) is 22.2. The van der Waals surface area contributed by atoms with E-state index in [9.17, 15) is 14.7 Å². The van der Waals surface area contributed by atoms with Crippen molar-refractivity contribution < 1.29 is 14.7 Å². The van der Waals surface area contributed by atoms with E-state index in [2.05, 4.69) is 20.6 Å². The van der Waals surface area contributed by atoms with Crippen molar-refractivity contribution in [3.63, 3.8) is 0 Å². The quantitative estimate of drug-likeness (QED) is 0.210. The fourth-order valence-electron chi connectivity index (χ4n) is 4.94. The van der Waals surface area contributed by atoms with Gasteiger partial charge in [0.1, 0.15) is 6.04 Å². The van der Waals surface area contributed by atoms with Crippen molar-refractivity contribution in [2.45, 2.75) is 39.8 Å². The maximum Gasteiger partial charge on any atom is 0.326 e. The van der Waals surface area contributed by atoms with Gasteiger partial charge in [0.05, 0.1) is 11.0 Å². The standard InChI is InChI=1S/C31H31N5O3/c1-19-14-20(2)28(21(3)15-19)29(37)33-27(30(38)39)16-22-8-10-24(11-9-22)36-13-12-23(18-36)17-32-31-34-25-6-4-5-7-26(25)35-31/h4-15,18,27H,16-17H2,1-3H3,(H,33,37)(H,38,39)(H2,32,34,35). The van der Waals surface area contributed by atoms with Crippen LogP contribution in [-0.2, 0) is 17.8 Å². The molecule has 2 heterocycles. The van der Waals surface area contributed by atoms with Gasteiger partial charge >= 0.3 is 5.97 Å². The Morgan fingerprint density at radius 1 is 0.974 bits per heavy atom. The van der Waals surface area contributed by atoms with Gasteiger partial charge in [0, 0.05) is 36.6 Å². The van der Waals surface area contributed by atoms with Crippen LogP contribution in [0.15, 0.2) is 79.1 Å². The number of hydrogen-bond acceptors (Lipinski definition) is 4. The highest BCUT2D eigenvalue weighted by Gasteiger charge is 2.23. The van der Waals surface area contributed by atoms with E-state index >= 15 is 0 Å². The first-order valence-electron chi connectivity index (χ1n) is 12.8. The van der Waals surface area contributed by atoms with Crippen LogP contribution >= 0.6 is 0 Å². The van der Waals surface area contributed by atoms with E-state index in [0.717, 1.165) is 50.5 Å². The van der Waals surface area contributed by atoms with Crippen molar-refractivity contribution in [3.8, 4) is 5.69 Å². The highest BCUT2D eigenvalue weighted by molar-refractivity contribution is 5.99. The molecule has 0 aliphatic heterocycles. The number of nitrogens with one attached hydrogen (secondary N) is 3. The first kappa shape index (κ1) is 25.8. The largest absolute Gasteiger partial charge is 0.480 e. The number of hydrogen-bond donors (Lipinski definition) is 4. The smallest absolute Gasteiger partial charge is 0.326 e. The molecule has 0 fully saturated rings. The number of aromatic nitrogens is 3. The average molecular weight is 522 g/mol. The number of para-hydroxylation sites is 2. The van der Waals surface area contributed by atoms with Crippen molar-refractivity contribution in [2.75, 3.05) is 5.32 Å². The number of imidazole rings is 1. The number of carboxylic acid groups (broad SMARTS) is 1. The second-order valence-corrected chi connectivity index (χ2v) is 9.89. The SMILES string of the molecule is Cc1cc(C)c(C(=O)NC(Cc2ccc(-n3ccc(CNc4nc5ccccc5[nH]4)c3)cc2)C(=O)O)c(C)c1. The molecule has 0 saturated heterocycles. The van der Waals surface area contributed by atoms with Gasteiger partial charge in [0.25, 0.3) is 5.91 Å². The van der Waals surface area contributed by atoms with Gasteiger partial charge in [-0.3, -0.25) is 4.79 Å². The number of fused-ring (bicyclic) bond motifs is 1. The van der Waals surface area contributed by atoms with Gasteiger partial charge < -0.3 is 25.3 Å². The number of anilines is 1. The molecule has 5 rings (SSSR count). The summed E-state index contributed by atoms with van der Waals surface area (Å²) in [5, 5.41) is 15.8. The van der Waals surface area contributed by atoms with E-state index in [0.29, 0.717) is 12.1 Å². The van der Waals surface area contributed by atoms with Gasteiger partial charge in [-0.1, -0.05) is 42.0 Å². The lowest BCUT2D eigenvalue weighted by Crippen LogP contribution is -2.42. The fraction of sp³-hybridized carbons (Fsp3) is 0.194.